The molecule has 5 rings (SSSR count). The van der Waals surface area contributed by atoms with Crippen molar-refractivity contribution in [2.45, 2.75) is 24.3 Å². The zero-order valence-corrected chi connectivity index (χ0v) is 18.2. The van der Waals surface area contributed by atoms with E-state index in [-0.39, 0.29) is 16.9 Å². The molecule has 0 amide bonds. The number of hydrogen-bond acceptors (Lipinski definition) is 7. The second-order valence-corrected chi connectivity index (χ2v) is 10.4. The molecule has 1 aliphatic heterocycles. The van der Waals surface area contributed by atoms with E-state index in [2.05, 4.69) is 19.9 Å². The lowest BCUT2D eigenvalue weighted by Crippen LogP contribution is -2.29. The molecule has 8 nitrogen and oxygen atoms in total. The number of aromatic nitrogens is 3. The van der Waals surface area contributed by atoms with Gasteiger partial charge in [0.05, 0.1) is 15.3 Å². The molecule has 2 unspecified atom stereocenters. The van der Waals surface area contributed by atoms with E-state index in [1.54, 1.807) is 12.1 Å². The summed E-state index contributed by atoms with van der Waals surface area (Å²) in [6.07, 6.45) is 1.89. The van der Waals surface area contributed by atoms with E-state index in [1.807, 2.05) is 6.92 Å². The molecule has 2 aliphatic rings. The van der Waals surface area contributed by atoms with E-state index >= 15 is 0 Å². The summed E-state index contributed by atoms with van der Waals surface area (Å²) in [5.74, 6) is 2.03. The van der Waals surface area contributed by atoms with Gasteiger partial charge in [-0.3, -0.25) is 0 Å². The summed E-state index contributed by atoms with van der Waals surface area (Å²) in [4.78, 5) is 14.8. The number of rotatable bonds is 5. The molecule has 1 saturated heterocycles. The van der Waals surface area contributed by atoms with Crippen LogP contribution in [0.2, 0.25) is 5.02 Å². The van der Waals surface area contributed by atoms with Crippen LogP contribution in [0.3, 0.4) is 0 Å². The van der Waals surface area contributed by atoms with E-state index in [1.165, 1.54) is 12.1 Å². The van der Waals surface area contributed by atoms with Crippen molar-refractivity contribution in [1.82, 2.24) is 15.0 Å². The molecule has 10 heteroatoms. The number of anilines is 1. The Morgan fingerprint density at radius 2 is 2.03 bits per heavy atom. The molecule has 0 bridgehead atoms. The standard InChI is InChI=1S/C20H22ClN5O3S/c1-3-14-16(21)15-18(23-14)24-20(25-19(15)26-8-12-13(9-26)17(12)22)29-10-5-4-6-11(7-10)30(2,27)28/h4-7,12-13,17H,3,8-9,22H2,1-2H3,(H,23,24,25). The average Bonchev–Trinajstić information content (AvgIpc) is 3.06. The molecule has 0 spiro atoms. The minimum atomic E-state index is -3.35. The number of ether oxygens (including phenoxy) is 1. The van der Waals surface area contributed by atoms with Gasteiger partial charge in [-0.1, -0.05) is 24.6 Å². The maximum absolute atomic E-state index is 11.9. The summed E-state index contributed by atoms with van der Waals surface area (Å²) in [5, 5.41) is 1.40. The van der Waals surface area contributed by atoms with E-state index in [0.29, 0.717) is 28.3 Å². The van der Waals surface area contributed by atoms with Crippen molar-refractivity contribution in [2.75, 3.05) is 24.2 Å². The summed E-state index contributed by atoms with van der Waals surface area (Å²) < 4.78 is 29.6. The molecule has 3 heterocycles. The van der Waals surface area contributed by atoms with Crippen molar-refractivity contribution in [3.63, 3.8) is 0 Å². The lowest BCUT2D eigenvalue weighted by atomic mass is 10.2. The van der Waals surface area contributed by atoms with Crippen molar-refractivity contribution in [2.24, 2.45) is 17.6 Å². The smallest absolute Gasteiger partial charge is 0.325 e. The number of nitrogens with zero attached hydrogens (tertiary/aromatic N) is 3. The van der Waals surface area contributed by atoms with Gasteiger partial charge in [-0.15, -0.1) is 0 Å². The van der Waals surface area contributed by atoms with Gasteiger partial charge in [0.2, 0.25) is 0 Å². The second-order valence-electron chi connectivity index (χ2n) is 7.98. The van der Waals surface area contributed by atoms with E-state index in [0.717, 1.165) is 42.7 Å². The fourth-order valence-electron chi connectivity index (χ4n) is 4.21. The maximum atomic E-state index is 11.9. The first-order valence-electron chi connectivity index (χ1n) is 9.83. The van der Waals surface area contributed by atoms with Crippen molar-refractivity contribution in [1.29, 1.82) is 0 Å². The van der Waals surface area contributed by atoms with Crippen molar-refractivity contribution in [3.05, 3.63) is 35.0 Å². The number of halogens is 1. The first-order chi connectivity index (χ1) is 14.3. The average molecular weight is 448 g/mol. The van der Waals surface area contributed by atoms with Gasteiger partial charge in [0, 0.05) is 31.1 Å². The highest BCUT2D eigenvalue weighted by Gasteiger charge is 2.54. The third-order valence-electron chi connectivity index (χ3n) is 5.98. The molecule has 1 aliphatic carbocycles. The first-order valence-corrected chi connectivity index (χ1v) is 12.1. The fourth-order valence-corrected chi connectivity index (χ4v) is 5.22. The SMILES string of the molecule is CCc1[nH]c2nc(Oc3cccc(S(C)(=O)=O)c3)nc(N3CC4C(N)C4C3)c2c1Cl. The van der Waals surface area contributed by atoms with Crippen molar-refractivity contribution >= 4 is 38.3 Å². The lowest BCUT2D eigenvalue weighted by Gasteiger charge is -2.21. The van der Waals surface area contributed by atoms with Gasteiger partial charge in [-0.05, 0) is 36.5 Å². The number of fused-ring (bicyclic) bond motifs is 2. The molecule has 158 valence electrons. The van der Waals surface area contributed by atoms with Crippen LogP contribution in [-0.4, -0.2) is 48.8 Å². The van der Waals surface area contributed by atoms with Crippen LogP contribution < -0.4 is 15.4 Å². The molecule has 2 fully saturated rings. The summed E-state index contributed by atoms with van der Waals surface area (Å²) in [5.41, 5.74) is 7.58. The van der Waals surface area contributed by atoms with Crippen LogP contribution in [0.5, 0.6) is 11.8 Å². The Morgan fingerprint density at radius 1 is 1.30 bits per heavy atom. The largest absolute Gasteiger partial charge is 0.424 e. The summed E-state index contributed by atoms with van der Waals surface area (Å²) in [6, 6.07) is 6.68. The number of H-pyrrole nitrogens is 1. The zero-order valence-electron chi connectivity index (χ0n) is 16.6. The number of aryl methyl sites for hydroxylation is 1. The molecule has 30 heavy (non-hydrogen) atoms. The monoisotopic (exact) mass is 447 g/mol. The number of hydrogen-bond donors (Lipinski definition) is 2. The zero-order chi connectivity index (χ0) is 21.2. The topological polar surface area (TPSA) is 114 Å². The van der Waals surface area contributed by atoms with E-state index in [4.69, 9.17) is 22.1 Å². The second kappa shape index (κ2) is 6.83. The Labute approximate surface area is 179 Å². The predicted octanol–water partition coefficient (Wildman–Crippen LogP) is 2.76. The lowest BCUT2D eigenvalue weighted by molar-refractivity contribution is 0.442. The molecule has 3 aromatic rings. The molecule has 3 N–H and O–H groups in total. The molecule has 1 aromatic carbocycles. The van der Waals surface area contributed by atoms with Crippen molar-refractivity contribution in [3.8, 4) is 11.8 Å². The quantitative estimate of drug-likeness (QED) is 0.618. The third kappa shape index (κ3) is 3.21. The summed E-state index contributed by atoms with van der Waals surface area (Å²) >= 11 is 6.63. The van der Waals surface area contributed by atoms with Gasteiger partial charge in [-0.25, -0.2) is 8.42 Å². The molecule has 2 atom stereocenters. The minimum Gasteiger partial charge on any atom is -0.424 e. The highest BCUT2D eigenvalue weighted by molar-refractivity contribution is 7.90. The van der Waals surface area contributed by atoms with Crippen LogP contribution in [0.1, 0.15) is 12.6 Å². The van der Waals surface area contributed by atoms with Crippen LogP contribution in [-0.2, 0) is 16.3 Å². The van der Waals surface area contributed by atoms with Crippen LogP contribution in [0, 0.1) is 11.8 Å². The molecule has 0 radical (unpaired) electrons. The van der Waals surface area contributed by atoms with Gasteiger partial charge in [-0.2, -0.15) is 9.97 Å². The molecular formula is C20H22ClN5O3S. The number of piperidine rings is 1. The Kier molecular flexibility index (Phi) is 4.46. The van der Waals surface area contributed by atoms with E-state index < -0.39 is 9.84 Å². The molecule has 2 aromatic heterocycles. The van der Waals surface area contributed by atoms with Crippen LogP contribution in [0.25, 0.3) is 11.0 Å². The first kappa shape index (κ1) is 19.6. The third-order valence-corrected chi connectivity index (χ3v) is 7.51. The highest BCUT2D eigenvalue weighted by Crippen LogP contribution is 2.47. The number of nitrogens with two attached hydrogens (primary N) is 1. The van der Waals surface area contributed by atoms with E-state index in [9.17, 15) is 8.42 Å². The number of aromatic amines is 1. The van der Waals surface area contributed by atoms with Crippen LogP contribution in [0.15, 0.2) is 29.2 Å². The molecule has 1 saturated carbocycles. The Hall–Kier alpha value is -2.36. The normalized spacial score (nSPS) is 23.1. The van der Waals surface area contributed by atoms with Gasteiger partial charge < -0.3 is 20.4 Å². The van der Waals surface area contributed by atoms with Crippen molar-refractivity contribution < 1.29 is 13.2 Å². The Morgan fingerprint density at radius 3 is 2.70 bits per heavy atom. The van der Waals surface area contributed by atoms with Gasteiger partial charge in [0.15, 0.2) is 9.84 Å². The van der Waals surface area contributed by atoms with Crippen LogP contribution >= 0.6 is 11.6 Å². The predicted molar refractivity (Wildman–Crippen MR) is 115 cm³/mol. The minimum absolute atomic E-state index is 0.133. The van der Waals surface area contributed by atoms with Gasteiger partial charge in [0.1, 0.15) is 17.2 Å². The van der Waals surface area contributed by atoms with Gasteiger partial charge in [0.25, 0.3) is 0 Å². The maximum Gasteiger partial charge on any atom is 0.325 e. The number of nitrogens with one attached hydrogen (secondary N) is 1. The molecular weight excluding hydrogens is 426 g/mol. The summed E-state index contributed by atoms with van der Waals surface area (Å²) in [6.45, 7) is 3.66. The Bertz CT molecular complexity index is 1250. The fraction of sp³-hybridized carbons (Fsp3) is 0.400. The Balaban J connectivity index is 1.56. The van der Waals surface area contributed by atoms with Gasteiger partial charge >= 0.3 is 6.01 Å². The number of sulfone groups is 1. The number of benzene rings is 1. The highest BCUT2D eigenvalue weighted by atomic mass is 35.5. The summed E-state index contributed by atoms with van der Waals surface area (Å²) in [7, 11) is -3.35. The van der Waals surface area contributed by atoms with Crippen LogP contribution in [0.4, 0.5) is 5.82 Å².